The number of aliphatic hydroxyl groups excluding tert-OH is 1. The largest absolute Gasteiger partial charge is 0.395 e. The van der Waals surface area contributed by atoms with Gasteiger partial charge in [-0.15, -0.1) is 0 Å². The first-order valence-electron chi connectivity index (χ1n) is 6.19. The summed E-state index contributed by atoms with van der Waals surface area (Å²) >= 11 is 0. The van der Waals surface area contributed by atoms with Gasteiger partial charge in [0.15, 0.2) is 0 Å². The van der Waals surface area contributed by atoms with Crippen molar-refractivity contribution < 1.29 is 9.90 Å². The normalized spacial score (nSPS) is 28.7. The maximum Gasteiger partial charge on any atom is 0.149 e. The summed E-state index contributed by atoms with van der Waals surface area (Å²) in [5, 5.41) is 9.30. The molecular formula is C12H21NO2. The first-order valence-corrected chi connectivity index (χ1v) is 6.19. The van der Waals surface area contributed by atoms with Gasteiger partial charge in [0, 0.05) is 12.0 Å². The molecule has 1 N–H and O–H groups in total. The van der Waals surface area contributed by atoms with E-state index in [9.17, 15) is 9.90 Å². The number of aliphatic hydroxyl groups is 1. The monoisotopic (exact) mass is 211 g/mol. The molecule has 3 heteroatoms. The molecule has 0 aromatic rings. The Morgan fingerprint density at radius 1 is 1.20 bits per heavy atom. The SMILES string of the molecule is O=C(CN1CCCCCC1CO)C1CC1. The highest BCUT2D eigenvalue weighted by Gasteiger charge is 2.32. The van der Waals surface area contributed by atoms with Gasteiger partial charge in [0.05, 0.1) is 13.2 Å². The molecule has 0 aromatic heterocycles. The zero-order valence-electron chi connectivity index (χ0n) is 9.32. The van der Waals surface area contributed by atoms with Crippen LogP contribution in [-0.2, 0) is 4.79 Å². The van der Waals surface area contributed by atoms with E-state index >= 15 is 0 Å². The van der Waals surface area contributed by atoms with Crippen LogP contribution in [0.5, 0.6) is 0 Å². The molecule has 2 aliphatic rings. The van der Waals surface area contributed by atoms with E-state index in [0.717, 1.165) is 25.8 Å². The Balaban J connectivity index is 1.87. The van der Waals surface area contributed by atoms with Crippen LogP contribution in [0.25, 0.3) is 0 Å². The minimum atomic E-state index is 0.206. The smallest absolute Gasteiger partial charge is 0.149 e. The highest BCUT2D eigenvalue weighted by Crippen LogP contribution is 2.30. The first kappa shape index (κ1) is 11.1. The quantitative estimate of drug-likeness (QED) is 0.759. The Morgan fingerprint density at radius 2 is 2.00 bits per heavy atom. The lowest BCUT2D eigenvalue weighted by atomic mass is 10.1. The fourth-order valence-corrected chi connectivity index (χ4v) is 2.39. The van der Waals surface area contributed by atoms with Gasteiger partial charge >= 0.3 is 0 Å². The maximum absolute atomic E-state index is 11.7. The number of carbonyl (C=O) groups excluding carboxylic acids is 1. The summed E-state index contributed by atoms with van der Waals surface area (Å²) in [5.74, 6) is 0.753. The lowest BCUT2D eigenvalue weighted by Gasteiger charge is -2.27. The van der Waals surface area contributed by atoms with Gasteiger partial charge in [-0.1, -0.05) is 12.8 Å². The summed E-state index contributed by atoms with van der Waals surface area (Å²) in [5.41, 5.74) is 0. The second-order valence-electron chi connectivity index (χ2n) is 4.90. The molecule has 1 unspecified atom stereocenters. The van der Waals surface area contributed by atoms with Crippen molar-refractivity contribution in [2.75, 3.05) is 19.7 Å². The van der Waals surface area contributed by atoms with Crippen LogP contribution in [0.4, 0.5) is 0 Å². The molecule has 1 saturated carbocycles. The number of Topliss-reactive ketones (excluding diaryl/α,β-unsaturated/α-hetero) is 1. The topological polar surface area (TPSA) is 40.5 Å². The highest BCUT2D eigenvalue weighted by atomic mass is 16.3. The second-order valence-corrected chi connectivity index (χ2v) is 4.90. The molecular weight excluding hydrogens is 190 g/mol. The van der Waals surface area contributed by atoms with Gasteiger partial charge in [0.1, 0.15) is 5.78 Å². The second kappa shape index (κ2) is 5.08. The molecule has 2 fully saturated rings. The van der Waals surface area contributed by atoms with Crippen LogP contribution >= 0.6 is 0 Å². The molecule has 15 heavy (non-hydrogen) atoms. The minimum absolute atomic E-state index is 0.206. The molecule has 1 atom stereocenters. The van der Waals surface area contributed by atoms with Gasteiger partial charge in [0.2, 0.25) is 0 Å². The van der Waals surface area contributed by atoms with Gasteiger partial charge in [-0.25, -0.2) is 0 Å². The minimum Gasteiger partial charge on any atom is -0.395 e. The molecule has 0 aromatic carbocycles. The third kappa shape index (κ3) is 3.02. The fourth-order valence-electron chi connectivity index (χ4n) is 2.39. The van der Waals surface area contributed by atoms with Crippen LogP contribution in [0.3, 0.4) is 0 Å². The molecule has 1 heterocycles. The van der Waals surface area contributed by atoms with E-state index in [2.05, 4.69) is 4.90 Å². The Hall–Kier alpha value is -0.410. The van der Waals surface area contributed by atoms with Gasteiger partial charge in [0.25, 0.3) is 0 Å². The number of likely N-dealkylation sites (tertiary alicyclic amines) is 1. The van der Waals surface area contributed by atoms with Gasteiger partial charge < -0.3 is 5.11 Å². The number of nitrogens with zero attached hydrogens (tertiary/aromatic N) is 1. The molecule has 1 saturated heterocycles. The third-order valence-electron chi connectivity index (χ3n) is 3.60. The van der Waals surface area contributed by atoms with Crippen LogP contribution in [0, 0.1) is 5.92 Å². The predicted molar refractivity (Wildman–Crippen MR) is 58.6 cm³/mol. The number of hydrogen-bond donors (Lipinski definition) is 1. The zero-order chi connectivity index (χ0) is 10.7. The maximum atomic E-state index is 11.7. The number of hydrogen-bond acceptors (Lipinski definition) is 3. The molecule has 0 amide bonds. The summed E-state index contributed by atoms with van der Waals surface area (Å²) in [6.07, 6.45) is 6.85. The van der Waals surface area contributed by atoms with E-state index in [-0.39, 0.29) is 12.6 Å². The van der Waals surface area contributed by atoms with Gasteiger partial charge in [-0.2, -0.15) is 0 Å². The molecule has 2 rings (SSSR count). The Bertz CT molecular complexity index is 226. The summed E-state index contributed by atoms with van der Waals surface area (Å²) in [6, 6.07) is 0.232. The van der Waals surface area contributed by atoms with E-state index in [1.165, 1.54) is 19.3 Å². The van der Waals surface area contributed by atoms with E-state index in [0.29, 0.717) is 18.2 Å². The third-order valence-corrected chi connectivity index (χ3v) is 3.60. The van der Waals surface area contributed by atoms with Crippen molar-refractivity contribution in [2.45, 2.75) is 44.6 Å². The summed E-state index contributed by atoms with van der Waals surface area (Å²) in [6.45, 7) is 1.78. The van der Waals surface area contributed by atoms with Crippen LogP contribution in [-0.4, -0.2) is 41.5 Å². The lowest BCUT2D eigenvalue weighted by Crippen LogP contribution is -2.41. The van der Waals surface area contributed by atoms with E-state index in [1.807, 2.05) is 0 Å². The Labute approximate surface area is 91.5 Å². The molecule has 3 nitrogen and oxygen atoms in total. The van der Waals surface area contributed by atoms with Crippen molar-refractivity contribution in [1.82, 2.24) is 4.90 Å². The number of ketones is 1. The van der Waals surface area contributed by atoms with Crippen molar-refractivity contribution in [3.8, 4) is 0 Å². The van der Waals surface area contributed by atoms with Crippen LogP contribution in [0.1, 0.15) is 38.5 Å². The molecule has 0 bridgehead atoms. The van der Waals surface area contributed by atoms with Crippen molar-refractivity contribution >= 4 is 5.78 Å². The predicted octanol–water partition coefficient (Wildman–Crippen LogP) is 1.20. The van der Waals surface area contributed by atoms with Crippen molar-refractivity contribution in [1.29, 1.82) is 0 Å². The van der Waals surface area contributed by atoms with Crippen LogP contribution in [0.15, 0.2) is 0 Å². The molecule has 0 spiro atoms. The van der Waals surface area contributed by atoms with Gasteiger partial charge in [-0.05, 0) is 32.2 Å². The highest BCUT2D eigenvalue weighted by molar-refractivity contribution is 5.85. The average Bonchev–Trinajstić information content (AvgIpc) is 3.05. The van der Waals surface area contributed by atoms with E-state index in [4.69, 9.17) is 0 Å². The Kier molecular flexibility index (Phi) is 3.76. The number of carbonyl (C=O) groups is 1. The molecule has 1 aliphatic carbocycles. The van der Waals surface area contributed by atoms with Crippen LogP contribution in [0.2, 0.25) is 0 Å². The molecule has 86 valence electrons. The van der Waals surface area contributed by atoms with E-state index in [1.54, 1.807) is 0 Å². The Morgan fingerprint density at radius 3 is 2.67 bits per heavy atom. The zero-order valence-corrected chi connectivity index (χ0v) is 9.32. The van der Waals surface area contributed by atoms with Crippen LogP contribution < -0.4 is 0 Å². The van der Waals surface area contributed by atoms with Crippen molar-refractivity contribution in [3.05, 3.63) is 0 Å². The number of rotatable bonds is 4. The summed E-state index contributed by atoms with van der Waals surface area (Å²) in [7, 11) is 0. The van der Waals surface area contributed by atoms with E-state index < -0.39 is 0 Å². The van der Waals surface area contributed by atoms with Crippen molar-refractivity contribution in [3.63, 3.8) is 0 Å². The summed E-state index contributed by atoms with van der Waals surface area (Å²) in [4.78, 5) is 13.9. The van der Waals surface area contributed by atoms with Crippen molar-refractivity contribution in [2.24, 2.45) is 5.92 Å². The van der Waals surface area contributed by atoms with Gasteiger partial charge in [-0.3, -0.25) is 9.69 Å². The first-order chi connectivity index (χ1) is 7.31. The lowest BCUT2D eigenvalue weighted by molar-refractivity contribution is -0.122. The molecule has 1 aliphatic heterocycles. The molecule has 0 radical (unpaired) electrons. The standard InChI is InChI=1S/C12H21NO2/c14-9-11-4-2-1-3-7-13(11)8-12(15)10-5-6-10/h10-11,14H,1-9H2. The average molecular weight is 211 g/mol. The fraction of sp³-hybridized carbons (Fsp3) is 0.917. The summed E-state index contributed by atoms with van der Waals surface area (Å²) < 4.78 is 0.